The van der Waals surface area contributed by atoms with Gasteiger partial charge in [-0.3, -0.25) is 4.98 Å². The van der Waals surface area contributed by atoms with E-state index in [0.717, 1.165) is 46.3 Å². The third-order valence-corrected chi connectivity index (χ3v) is 5.50. The van der Waals surface area contributed by atoms with E-state index in [9.17, 15) is 4.79 Å². The maximum Gasteiger partial charge on any atom is 0.337 e. The first kappa shape index (κ1) is 18.9. The van der Waals surface area contributed by atoms with Crippen molar-refractivity contribution in [3.05, 3.63) is 77.6 Å². The number of methoxy groups -OCH3 is 1. The second-order valence-corrected chi connectivity index (χ2v) is 7.29. The van der Waals surface area contributed by atoms with E-state index in [0.29, 0.717) is 22.6 Å². The van der Waals surface area contributed by atoms with Crippen LogP contribution in [0.3, 0.4) is 0 Å². The highest BCUT2D eigenvalue weighted by Gasteiger charge is 2.20. The van der Waals surface area contributed by atoms with Crippen LogP contribution >= 0.6 is 0 Å². The molecular formula is C24H19N3O4. The van der Waals surface area contributed by atoms with Gasteiger partial charge in [0.1, 0.15) is 0 Å². The molecule has 2 aromatic heterocycles. The Bertz CT molecular complexity index is 1320. The SMILES string of the molecule is COC(=O)c1ccc(-c2oc3cnccc3c2Nc2ccc3c(c2)CCC3=NO)cc1. The van der Waals surface area contributed by atoms with Gasteiger partial charge in [-0.05, 0) is 48.7 Å². The molecule has 0 spiro atoms. The zero-order chi connectivity index (χ0) is 21.4. The number of aryl methyl sites for hydroxylation is 1. The molecule has 7 nitrogen and oxygen atoms in total. The summed E-state index contributed by atoms with van der Waals surface area (Å²) in [5.74, 6) is 0.264. The van der Waals surface area contributed by atoms with Gasteiger partial charge in [0.05, 0.1) is 30.3 Å². The number of ether oxygens (including phenoxy) is 1. The minimum atomic E-state index is -0.386. The molecule has 1 aliphatic carbocycles. The molecule has 31 heavy (non-hydrogen) atoms. The van der Waals surface area contributed by atoms with Crippen LogP contribution in [0, 0.1) is 0 Å². The summed E-state index contributed by atoms with van der Waals surface area (Å²) in [6, 6.07) is 15.0. The summed E-state index contributed by atoms with van der Waals surface area (Å²) in [7, 11) is 1.36. The van der Waals surface area contributed by atoms with Gasteiger partial charge in [0.2, 0.25) is 0 Å². The molecule has 2 heterocycles. The number of rotatable bonds is 4. The molecule has 0 aliphatic heterocycles. The number of esters is 1. The van der Waals surface area contributed by atoms with Crippen LogP contribution < -0.4 is 5.32 Å². The largest absolute Gasteiger partial charge is 0.465 e. The molecule has 0 saturated carbocycles. The lowest BCUT2D eigenvalue weighted by molar-refractivity contribution is 0.0600. The number of carbonyl (C=O) groups is 1. The van der Waals surface area contributed by atoms with Crippen LogP contribution in [0.15, 0.2) is 70.5 Å². The van der Waals surface area contributed by atoms with Gasteiger partial charge in [-0.1, -0.05) is 23.4 Å². The minimum Gasteiger partial charge on any atom is -0.465 e. The molecule has 0 fully saturated rings. The Hall–Kier alpha value is -4.13. The summed E-state index contributed by atoms with van der Waals surface area (Å²) in [5.41, 5.74) is 6.51. The van der Waals surface area contributed by atoms with Crippen molar-refractivity contribution in [3.8, 4) is 11.3 Å². The molecule has 0 atom stereocenters. The van der Waals surface area contributed by atoms with Gasteiger partial charge in [-0.2, -0.15) is 0 Å². The van der Waals surface area contributed by atoms with Crippen LogP contribution in [-0.4, -0.2) is 29.0 Å². The highest BCUT2D eigenvalue weighted by molar-refractivity contribution is 6.05. The lowest BCUT2D eigenvalue weighted by Gasteiger charge is -2.10. The number of hydrogen-bond acceptors (Lipinski definition) is 7. The maximum atomic E-state index is 11.8. The highest BCUT2D eigenvalue weighted by atomic mass is 16.5. The first-order valence-electron chi connectivity index (χ1n) is 9.84. The summed E-state index contributed by atoms with van der Waals surface area (Å²) in [6.07, 6.45) is 4.97. The van der Waals surface area contributed by atoms with Crippen molar-refractivity contribution in [1.29, 1.82) is 0 Å². The maximum absolute atomic E-state index is 11.8. The lowest BCUT2D eigenvalue weighted by atomic mass is 10.1. The number of nitrogens with one attached hydrogen (secondary N) is 1. The van der Waals surface area contributed by atoms with Crippen LogP contribution in [0.5, 0.6) is 0 Å². The lowest BCUT2D eigenvalue weighted by Crippen LogP contribution is -2.00. The molecule has 0 saturated heterocycles. The molecule has 5 rings (SSSR count). The standard InChI is InChI=1S/C24H19N3O4/c1-30-24(28)15-4-2-14(3-5-15)23-22(19-10-11-25-13-21(19)31-23)26-17-7-8-18-16(12-17)6-9-20(18)27-29/h2-5,7-8,10-13,26,29H,6,9H2,1H3. The number of pyridine rings is 1. The summed E-state index contributed by atoms with van der Waals surface area (Å²) >= 11 is 0. The van der Waals surface area contributed by atoms with Crippen LogP contribution in [0.2, 0.25) is 0 Å². The fraction of sp³-hybridized carbons (Fsp3) is 0.125. The first-order chi connectivity index (χ1) is 15.2. The quantitative estimate of drug-likeness (QED) is 0.273. The predicted molar refractivity (Wildman–Crippen MR) is 117 cm³/mol. The molecule has 154 valence electrons. The molecule has 0 amide bonds. The van der Waals surface area contributed by atoms with E-state index in [-0.39, 0.29) is 5.97 Å². The zero-order valence-corrected chi connectivity index (χ0v) is 16.8. The summed E-state index contributed by atoms with van der Waals surface area (Å²) in [6.45, 7) is 0. The van der Waals surface area contributed by atoms with Gasteiger partial charge < -0.3 is 19.7 Å². The molecule has 1 aliphatic rings. The molecule has 4 aromatic rings. The van der Waals surface area contributed by atoms with Crippen LogP contribution in [0.4, 0.5) is 11.4 Å². The van der Waals surface area contributed by atoms with Crippen molar-refractivity contribution in [2.75, 3.05) is 12.4 Å². The minimum absolute atomic E-state index is 0.386. The van der Waals surface area contributed by atoms with Gasteiger partial charge in [0.25, 0.3) is 0 Å². The second-order valence-electron chi connectivity index (χ2n) is 7.29. The van der Waals surface area contributed by atoms with Crippen molar-refractivity contribution in [2.24, 2.45) is 5.16 Å². The molecule has 7 heteroatoms. The number of benzene rings is 2. The van der Waals surface area contributed by atoms with E-state index >= 15 is 0 Å². The smallest absolute Gasteiger partial charge is 0.337 e. The van der Waals surface area contributed by atoms with Gasteiger partial charge in [0, 0.05) is 28.4 Å². The van der Waals surface area contributed by atoms with Crippen molar-refractivity contribution in [1.82, 2.24) is 4.98 Å². The number of fused-ring (bicyclic) bond motifs is 2. The Kier molecular flexibility index (Phi) is 4.63. The third kappa shape index (κ3) is 3.30. The zero-order valence-electron chi connectivity index (χ0n) is 16.8. The summed E-state index contributed by atoms with van der Waals surface area (Å²) < 4.78 is 10.9. The Balaban J connectivity index is 1.57. The van der Waals surface area contributed by atoms with Crippen molar-refractivity contribution in [3.63, 3.8) is 0 Å². The summed E-state index contributed by atoms with van der Waals surface area (Å²) in [4.78, 5) is 15.9. The Morgan fingerprint density at radius 1 is 1.16 bits per heavy atom. The average molecular weight is 413 g/mol. The predicted octanol–water partition coefficient (Wildman–Crippen LogP) is 5.15. The molecule has 0 bridgehead atoms. The van der Waals surface area contributed by atoms with Crippen LogP contribution in [0.1, 0.15) is 27.9 Å². The third-order valence-electron chi connectivity index (χ3n) is 5.50. The number of carbonyl (C=O) groups excluding carboxylic acids is 1. The van der Waals surface area contributed by atoms with Gasteiger partial charge in [-0.25, -0.2) is 4.79 Å². The van der Waals surface area contributed by atoms with Crippen molar-refractivity contribution >= 4 is 34.0 Å². The van der Waals surface area contributed by atoms with Crippen LogP contribution in [-0.2, 0) is 11.2 Å². The van der Waals surface area contributed by atoms with Gasteiger partial charge >= 0.3 is 5.97 Å². The number of furan rings is 1. The fourth-order valence-corrected chi connectivity index (χ4v) is 3.95. The second kappa shape index (κ2) is 7.60. The Labute approximate surface area is 178 Å². The number of anilines is 2. The van der Waals surface area contributed by atoms with E-state index in [1.165, 1.54) is 7.11 Å². The number of nitrogens with zero attached hydrogens (tertiary/aromatic N) is 2. The van der Waals surface area contributed by atoms with E-state index in [1.807, 2.05) is 30.3 Å². The topological polar surface area (TPSA) is 97.0 Å². The fourth-order valence-electron chi connectivity index (χ4n) is 3.95. The average Bonchev–Trinajstić information content (AvgIpc) is 3.40. The Morgan fingerprint density at radius 2 is 2.00 bits per heavy atom. The van der Waals surface area contributed by atoms with E-state index < -0.39 is 0 Å². The van der Waals surface area contributed by atoms with E-state index in [1.54, 1.807) is 24.5 Å². The van der Waals surface area contributed by atoms with Crippen molar-refractivity contribution < 1.29 is 19.2 Å². The van der Waals surface area contributed by atoms with E-state index in [2.05, 4.69) is 21.5 Å². The monoisotopic (exact) mass is 413 g/mol. The molecule has 2 N–H and O–H groups in total. The van der Waals surface area contributed by atoms with E-state index in [4.69, 9.17) is 14.4 Å². The van der Waals surface area contributed by atoms with Crippen molar-refractivity contribution in [2.45, 2.75) is 12.8 Å². The first-order valence-corrected chi connectivity index (χ1v) is 9.84. The molecule has 2 aromatic carbocycles. The van der Waals surface area contributed by atoms with Gasteiger partial charge in [0.15, 0.2) is 11.3 Å². The van der Waals surface area contributed by atoms with Gasteiger partial charge in [-0.15, -0.1) is 0 Å². The van der Waals surface area contributed by atoms with Crippen LogP contribution in [0.25, 0.3) is 22.3 Å². The number of aromatic nitrogens is 1. The Morgan fingerprint density at radius 3 is 2.77 bits per heavy atom. The molecular weight excluding hydrogens is 394 g/mol. The number of hydrogen-bond donors (Lipinski definition) is 2. The number of oxime groups is 1. The normalized spacial score (nSPS) is 14.0. The summed E-state index contributed by atoms with van der Waals surface area (Å²) in [5, 5.41) is 17.0. The highest BCUT2D eigenvalue weighted by Crippen LogP contribution is 2.40. The molecule has 0 radical (unpaired) electrons. The molecule has 0 unspecified atom stereocenters.